The molecule has 2 heteroatoms. The molecule has 0 aromatic rings. The van der Waals surface area contributed by atoms with Gasteiger partial charge in [-0.1, -0.05) is 12.2 Å². The zero-order chi connectivity index (χ0) is 12.7. The smallest absolute Gasteiger partial charge is 0.0120 e. The van der Waals surface area contributed by atoms with Gasteiger partial charge in [-0.3, -0.25) is 0 Å². The maximum atomic E-state index is 2.77. The van der Waals surface area contributed by atoms with E-state index in [1.54, 1.807) is 0 Å². The summed E-state index contributed by atoms with van der Waals surface area (Å²) in [5.74, 6) is 2.86. The highest BCUT2D eigenvalue weighted by Gasteiger charge is 2.37. The van der Waals surface area contributed by atoms with Crippen LogP contribution in [0.1, 0.15) is 38.5 Å². The summed E-state index contributed by atoms with van der Waals surface area (Å²) in [7, 11) is 0. The number of rotatable bonds is 3. The summed E-state index contributed by atoms with van der Waals surface area (Å²) >= 11 is 0. The first kappa shape index (κ1) is 12.4. The number of piperidine rings is 1. The molecule has 0 radical (unpaired) electrons. The van der Waals surface area contributed by atoms with Crippen molar-refractivity contribution in [2.24, 2.45) is 17.8 Å². The van der Waals surface area contributed by atoms with Crippen LogP contribution in [0.15, 0.2) is 12.2 Å². The number of fused-ring (bicyclic) bond motifs is 2. The predicted octanol–water partition coefficient (Wildman–Crippen LogP) is 2.76. The molecule has 0 unspecified atom stereocenters. The molecule has 106 valence electrons. The molecule has 2 heterocycles. The fourth-order valence-corrected chi connectivity index (χ4v) is 5.01. The largest absolute Gasteiger partial charge is 0.303 e. The van der Waals surface area contributed by atoms with E-state index in [-0.39, 0.29) is 0 Å². The van der Waals surface area contributed by atoms with Crippen molar-refractivity contribution in [3.05, 3.63) is 12.2 Å². The quantitative estimate of drug-likeness (QED) is 0.720. The molecule has 2 nitrogen and oxygen atoms in total. The Kier molecular flexibility index (Phi) is 3.40. The first-order valence-corrected chi connectivity index (χ1v) is 8.53. The summed E-state index contributed by atoms with van der Waals surface area (Å²) in [5, 5.41) is 0. The third-order valence-corrected chi connectivity index (χ3v) is 6.12. The first-order chi connectivity index (χ1) is 9.38. The molecule has 1 saturated carbocycles. The number of likely N-dealkylation sites (tertiary alicyclic amines) is 2. The molecule has 0 aromatic carbocycles. The molecular formula is C17H28N2. The number of nitrogens with zero attached hydrogens (tertiary/aromatic N) is 2. The molecule has 4 rings (SSSR count). The van der Waals surface area contributed by atoms with Gasteiger partial charge in [0.15, 0.2) is 0 Å². The van der Waals surface area contributed by atoms with Crippen LogP contribution in [0.25, 0.3) is 0 Å². The van der Waals surface area contributed by atoms with Gasteiger partial charge in [0.05, 0.1) is 0 Å². The Morgan fingerprint density at radius 1 is 0.895 bits per heavy atom. The van der Waals surface area contributed by atoms with Crippen molar-refractivity contribution in [3.63, 3.8) is 0 Å². The minimum absolute atomic E-state index is 0.915. The van der Waals surface area contributed by atoms with Gasteiger partial charge in [-0.25, -0.2) is 0 Å². The van der Waals surface area contributed by atoms with Gasteiger partial charge in [0, 0.05) is 12.6 Å². The number of hydrogen-bond acceptors (Lipinski definition) is 2. The Bertz CT molecular complexity index is 337. The zero-order valence-electron chi connectivity index (χ0n) is 12.1. The van der Waals surface area contributed by atoms with Crippen LogP contribution in [0.2, 0.25) is 0 Å². The van der Waals surface area contributed by atoms with Crippen LogP contribution in [0.5, 0.6) is 0 Å². The second-order valence-electron chi connectivity index (χ2n) is 7.32. The van der Waals surface area contributed by atoms with Crippen LogP contribution in [-0.2, 0) is 0 Å². The lowest BCUT2D eigenvalue weighted by atomic mass is 9.92. The highest BCUT2D eigenvalue weighted by Crippen LogP contribution is 2.43. The SMILES string of the molecule is C1=C[C@H]2C[C@H]1C[C@H]2CN1CCC(N2CCCC2)CC1. The van der Waals surface area contributed by atoms with E-state index in [0.29, 0.717) is 0 Å². The number of allylic oxidation sites excluding steroid dienone is 2. The summed E-state index contributed by atoms with van der Waals surface area (Å²) < 4.78 is 0. The standard InChI is InChI=1S/C17H28N2/c1-2-8-19(7-1)17-5-9-18(10-6-17)13-16-12-14-3-4-15(16)11-14/h3-4,14-17H,1-2,5-13H2/t14-,15-,16-/m0/s1. The Balaban J connectivity index is 1.25. The lowest BCUT2D eigenvalue weighted by Gasteiger charge is -2.38. The lowest BCUT2D eigenvalue weighted by molar-refractivity contribution is 0.111. The molecule has 19 heavy (non-hydrogen) atoms. The van der Waals surface area contributed by atoms with E-state index < -0.39 is 0 Å². The van der Waals surface area contributed by atoms with Crippen LogP contribution < -0.4 is 0 Å². The van der Waals surface area contributed by atoms with E-state index in [1.165, 1.54) is 71.2 Å². The van der Waals surface area contributed by atoms with Gasteiger partial charge in [0.2, 0.25) is 0 Å². The second-order valence-corrected chi connectivity index (χ2v) is 7.32. The van der Waals surface area contributed by atoms with Gasteiger partial charge in [-0.2, -0.15) is 0 Å². The van der Waals surface area contributed by atoms with E-state index >= 15 is 0 Å². The summed E-state index contributed by atoms with van der Waals surface area (Å²) in [6, 6.07) is 0.915. The van der Waals surface area contributed by atoms with Gasteiger partial charge >= 0.3 is 0 Å². The monoisotopic (exact) mass is 260 g/mol. The Hall–Kier alpha value is -0.340. The fourth-order valence-electron chi connectivity index (χ4n) is 5.01. The highest BCUT2D eigenvalue weighted by molar-refractivity contribution is 5.10. The molecule has 0 aromatic heterocycles. The van der Waals surface area contributed by atoms with Crippen molar-refractivity contribution < 1.29 is 0 Å². The molecule has 0 N–H and O–H groups in total. The van der Waals surface area contributed by atoms with Crippen LogP contribution in [0.4, 0.5) is 0 Å². The predicted molar refractivity (Wildman–Crippen MR) is 79.1 cm³/mol. The number of hydrogen-bond donors (Lipinski definition) is 0. The van der Waals surface area contributed by atoms with Gasteiger partial charge in [-0.05, 0) is 82.5 Å². The summed E-state index contributed by atoms with van der Waals surface area (Å²) in [6.45, 7) is 6.86. The highest BCUT2D eigenvalue weighted by atomic mass is 15.2. The minimum Gasteiger partial charge on any atom is -0.303 e. The molecule has 2 saturated heterocycles. The maximum Gasteiger partial charge on any atom is 0.0120 e. The van der Waals surface area contributed by atoms with Crippen LogP contribution in [-0.4, -0.2) is 48.6 Å². The van der Waals surface area contributed by atoms with E-state index in [9.17, 15) is 0 Å². The third-order valence-electron chi connectivity index (χ3n) is 6.12. The van der Waals surface area contributed by atoms with Crippen LogP contribution in [0, 0.1) is 17.8 Å². The van der Waals surface area contributed by atoms with Gasteiger partial charge in [0.25, 0.3) is 0 Å². The van der Waals surface area contributed by atoms with Gasteiger partial charge in [-0.15, -0.1) is 0 Å². The molecule has 3 fully saturated rings. The molecule has 2 aliphatic heterocycles. The molecule has 3 atom stereocenters. The van der Waals surface area contributed by atoms with Gasteiger partial charge in [0.1, 0.15) is 0 Å². The van der Waals surface area contributed by atoms with E-state index in [1.807, 2.05) is 0 Å². The Morgan fingerprint density at radius 3 is 2.32 bits per heavy atom. The average Bonchev–Trinajstić information content (AvgIpc) is 3.17. The topological polar surface area (TPSA) is 6.48 Å². The third kappa shape index (κ3) is 2.50. The van der Waals surface area contributed by atoms with Crippen LogP contribution in [0.3, 0.4) is 0 Å². The first-order valence-electron chi connectivity index (χ1n) is 8.53. The van der Waals surface area contributed by atoms with Crippen molar-refractivity contribution in [2.45, 2.75) is 44.6 Å². The summed E-state index contributed by atoms with van der Waals surface area (Å²) in [4.78, 5) is 5.53. The normalized spacial score (nSPS) is 40.5. The molecule has 2 bridgehead atoms. The Labute approximate surface area is 117 Å². The van der Waals surface area contributed by atoms with E-state index in [2.05, 4.69) is 22.0 Å². The van der Waals surface area contributed by atoms with Gasteiger partial charge < -0.3 is 9.80 Å². The summed E-state index contributed by atoms with van der Waals surface area (Å²) in [6.07, 6.45) is 13.7. The molecule has 2 aliphatic carbocycles. The minimum atomic E-state index is 0.915. The fraction of sp³-hybridized carbons (Fsp3) is 0.882. The molecule has 0 amide bonds. The van der Waals surface area contributed by atoms with Crippen molar-refractivity contribution in [1.82, 2.24) is 9.80 Å². The Morgan fingerprint density at radius 2 is 1.68 bits per heavy atom. The van der Waals surface area contributed by atoms with Crippen molar-refractivity contribution in [1.29, 1.82) is 0 Å². The molecule has 0 spiro atoms. The van der Waals surface area contributed by atoms with E-state index in [4.69, 9.17) is 0 Å². The summed E-state index contributed by atoms with van der Waals surface area (Å²) in [5.41, 5.74) is 0. The molecular weight excluding hydrogens is 232 g/mol. The lowest BCUT2D eigenvalue weighted by Crippen LogP contribution is -2.45. The maximum absolute atomic E-state index is 2.77. The van der Waals surface area contributed by atoms with Crippen molar-refractivity contribution >= 4 is 0 Å². The second kappa shape index (κ2) is 5.21. The van der Waals surface area contributed by atoms with Crippen molar-refractivity contribution in [3.8, 4) is 0 Å². The molecule has 4 aliphatic rings. The van der Waals surface area contributed by atoms with Crippen LogP contribution >= 0.6 is 0 Å². The van der Waals surface area contributed by atoms with Crippen molar-refractivity contribution in [2.75, 3.05) is 32.7 Å². The van der Waals surface area contributed by atoms with E-state index in [0.717, 1.165) is 23.8 Å². The zero-order valence-corrected chi connectivity index (χ0v) is 12.1. The average molecular weight is 260 g/mol.